The predicted molar refractivity (Wildman–Crippen MR) is 62.1 cm³/mol. The van der Waals surface area contributed by atoms with E-state index in [0.717, 1.165) is 19.0 Å². The van der Waals surface area contributed by atoms with Gasteiger partial charge in [-0.2, -0.15) is 0 Å². The van der Waals surface area contributed by atoms with Crippen molar-refractivity contribution in [1.82, 2.24) is 15.1 Å². The topological polar surface area (TPSA) is 35.6 Å². The fraction of sp³-hybridized carbons (Fsp3) is 0.917. The fourth-order valence-corrected chi connectivity index (χ4v) is 3.04. The van der Waals surface area contributed by atoms with E-state index in [1.165, 1.54) is 25.8 Å². The second kappa shape index (κ2) is 4.00. The molecule has 0 aromatic heterocycles. The van der Waals surface area contributed by atoms with Crippen LogP contribution in [0.5, 0.6) is 0 Å². The van der Waals surface area contributed by atoms with Gasteiger partial charge in [0.25, 0.3) is 0 Å². The first-order chi connectivity index (χ1) is 7.74. The lowest BCUT2D eigenvalue weighted by Gasteiger charge is -2.21. The molecule has 2 heterocycles. The Morgan fingerprint density at radius 1 is 1.38 bits per heavy atom. The summed E-state index contributed by atoms with van der Waals surface area (Å²) in [7, 11) is 1.95. The van der Waals surface area contributed by atoms with Crippen molar-refractivity contribution in [2.75, 3.05) is 33.2 Å². The number of amides is 1. The van der Waals surface area contributed by atoms with Crippen molar-refractivity contribution >= 4 is 5.91 Å². The Balaban J connectivity index is 1.50. The molecule has 3 aliphatic rings. The van der Waals surface area contributed by atoms with E-state index in [-0.39, 0.29) is 0 Å². The third-order valence-electron chi connectivity index (χ3n) is 4.29. The van der Waals surface area contributed by atoms with Crippen LogP contribution in [-0.2, 0) is 4.79 Å². The maximum atomic E-state index is 12.0. The molecule has 2 atom stereocenters. The van der Waals surface area contributed by atoms with E-state index in [1.807, 2.05) is 11.9 Å². The van der Waals surface area contributed by atoms with Gasteiger partial charge in [0, 0.05) is 32.2 Å². The molecule has 2 aliphatic heterocycles. The van der Waals surface area contributed by atoms with Gasteiger partial charge in [0.05, 0.1) is 6.54 Å². The van der Waals surface area contributed by atoms with Crippen LogP contribution in [0.2, 0.25) is 0 Å². The number of hydrogen-bond acceptors (Lipinski definition) is 3. The van der Waals surface area contributed by atoms with Gasteiger partial charge in [0.2, 0.25) is 5.91 Å². The minimum Gasteiger partial charge on any atom is -0.342 e. The standard InChI is InChI=1S/C12H21N3O/c1-14(10-2-3-10)12(16)8-15-6-9-4-5-13-11(9)7-15/h9-11,13H,2-8H2,1H3/t9-,11+/m0/s1. The number of nitrogens with zero attached hydrogens (tertiary/aromatic N) is 2. The first kappa shape index (κ1) is 10.5. The highest BCUT2D eigenvalue weighted by atomic mass is 16.2. The zero-order valence-electron chi connectivity index (χ0n) is 9.98. The number of rotatable bonds is 3. The first-order valence-corrected chi connectivity index (χ1v) is 6.45. The summed E-state index contributed by atoms with van der Waals surface area (Å²) in [5.41, 5.74) is 0. The summed E-state index contributed by atoms with van der Waals surface area (Å²) >= 11 is 0. The van der Waals surface area contributed by atoms with Crippen molar-refractivity contribution in [3.05, 3.63) is 0 Å². The van der Waals surface area contributed by atoms with Gasteiger partial charge >= 0.3 is 0 Å². The zero-order valence-corrected chi connectivity index (χ0v) is 9.98. The Labute approximate surface area is 97.0 Å². The number of carbonyl (C=O) groups excluding carboxylic acids is 1. The fourth-order valence-electron chi connectivity index (χ4n) is 3.04. The van der Waals surface area contributed by atoms with Crippen LogP contribution in [0.3, 0.4) is 0 Å². The molecule has 1 amide bonds. The highest BCUT2D eigenvalue weighted by molar-refractivity contribution is 5.78. The van der Waals surface area contributed by atoms with Gasteiger partial charge in [-0.05, 0) is 31.7 Å². The molecule has 0 spiro atoms. The van der Waals surface area contributed by atoms with Crippen molar-refractivity contribution in [2.24, 2.45) is 5.92 Å². The maximum absolute atomic E-state index is 12.0. The minimum atomic E-state index is 0.308. The van der Waals surface area contributed by atoms with Crippen LogP contribution < -0.4 is 5.32 Å². The molecule has 90 valence electrons. The van der Waals surface area contributed by atoms with Crippen molar-refractivity contribution in [1.29, 1.82) is 0 Å². The van der Waals surface area contributed by atoms with Gasteiger partial charge in [0.1, 0.15) is 0 Å². The van der Waals surface area contributed by atoms with Crippen molar-refractivity contribution in [2.45, 2.75) is 31.3 Å². The van der Waals surface area contributed by atoms with E-state index in [9.17, 15) is 4.79 Å². The summed E-state index contributed by atoms with van der Waals surface area (Å²) in [6.07, 6.45) is 3.69. The van der Waals surface area contributed by atoms with Gasteiger partial charge in [-0.3, -0.25) is 9.69 Å². The lowest BCUT2D eigenvalue weighted by atomic mass is 10.1. The normalized spacial score (nSPS) is 34.1. The zero-order chi connectivity index (χ0) is 11.1. The predicted octanol–water partition coefficient (Wildman–Crippen LogP) is -0.0991. The number of likely N-dealkylation sites (N-methyl/N-ethyl adjacent to an activating group) is 1. The highest BCUT2D eigenvalue weighted by Crippen LogP contribution is 2.27. The first-order valence-electron chi connectivity index (χ1n) is 6.45. The van der Waals surface area contributed by atoms with Gasteiger partial charge < -0.3 is 10.2 Å². The van der Waals surface area contributed by atoms with Crippen molar-refractivity contribution in [3.8, 4) is 0 Å². The van der Waals surface area contributed by atoms with E-state index in [2.05, 4.69) is 10.2 Å². The summed E-state index contributed by atoms with van der Waals surface area (Å²) in [6.45, 7) is 3.97. The van der Waals surface area contributed by atoms with Gasteiger partial charge in [0.15, 0.2) is 0 Å². The molecule has 0 bridgehead atoms. The Bertz CT molecular complexity index is 278. The number of nitrogens with one attached hydrogen (secondary N) is 1. The molecular weight excluding hydrogens is 202 g/mol. The number of likely N-dealkylation sites (tertiary alicyclic amines) is 1. The van der Waals surface area contributed by atoms with Crippen LogP contribution >= 0.6 is 0 Å². The molecule has 4 nitrogen and oxygen atoms in total. The lowest BCUT2D eigenvalue weighted by molar-refractivity contribution is -0.131. The molecule has 0 unspecified atom stereocenters. The molecule has 1 saturated carbocycles. The van der Waals surface area contributed by atoms with Crippen LogP contribution in [0.1, 0.15) is 19.3 Å². The quantitative estimate of drug-likeness (QED) is 0.726. The van der Waals surface area contributed by atoms with Crippen molar-refractivity contribution < 1.29 is 4.79 Å². The average Bonchev–Trinajstić information content (AvgIpc) is 2.90. The molecule has 0 aromatic rings. The molecule has 3 rings (SSSR count). The molecular formula is C12H21N3O. The van der Waals surface area contributed by atoms with Gasteiger partial charge in [-0.15, -0.1) is 0 Å². The van der Waals surface area contributed by atoms with Crippen LogP contribution in [0.15, 0.2) is 0 Å². The van der Waals surface area contributed by atoms with Gasteiger partial charge in [-0.1, -0.05) is 0 Å². The van der Waals surface area contributed by atoms with Crippen LogP contribution in [0.25, 0.3) is 0 Å². The molecule has 2 saturated heterocycles. The summed E-state index contributed by atoms with van der Waals surface area (Å²) < 4.78 is 0. The highest BCUT2D eigenvalue weighted by Gasteiger charge is 2.37. The molecule has 3 fully saturated rings. The second-order valence-electron chi connectivity index (χ2n) is 5.54. The molecule has 0 radical (unpaired) electrons. The summed E-state index contributed by atoms with van der Waals surface area (Å²) in [5, 5.41) is 3.52. The largest absolute Gasteiger partial charge is 0.342 e. The van der Waals surface area contributed by atoms with E-state index in [0.29, 0.717) is 24.5 Å². The number of carbonyl (C=O) groups is 1. The smallest absolute Gasteiger partial charge is 0.236 e. The molecule has 1 N–H and O–H groups in total. The monoisotopic (exact) mass is 223 g/mol. The second-order valence-corrected chi connectivity index (χ2v) is 5.54. The van der Waals surface area contributed by atoms with Crippen LogP contribution in [0.4, 0.5) is 0 Å². The number of fused-ring (bicyclic) bond motifs is 1. The number of hydrogen-bond donors (Lipinski definition) is 1. The Morgan fingerprint density at radius 2 is 2.19 bits per heavy atom. The SMILES string of the molecule is CN(C(=O)CN1C[C@@H]2CCN[C@@H]2C1)C1CC1. The maximum Gasteiger partial charge on any atom is 0.236 e. The Morgan fingerprint density at radius 3 is 2.88 bits per heavy atom. The van der Waals surface area contributed by atoms with E-state index in [1.54, 1.807) is 0 Å². The van der Waals surface area contributed by atoms with E-state index >= 15 is 0 Å². The van der Waals surface area contributed by atoms with Gasteiger partial charge in [-0.25, -0.2) is 0 Å². The Hall–Kier alpha value is -0.610. The molecule has 0 aromatic carbocycles. The van der Waals surface area contributed by atoms with E-state index in [4.69, 9.17) is 0 Å². The molecule has 16 heavy (non-hydrogen) atoms. The summed E-state index contributed by atoms with van der Waals surface area (Å²) in [5.74, 6) is 1.10. The average molecular weight is 223 g/mol. The Kier molecular flexibility index (Phi) is 2.64. The molecule has 1 aliphatic carbocycles. The van der Waals surface area contributed by atoms with Crippen LogP contribution in [-0.4, -0.2) is 61.0 Å². The summed E-state index contributed by atoms with van der Waals surface area (Å²) in [4.78, 5) is 16.2. The van der Waals surface area contributed by atoms with E-state index < -0.39 is 0 Å². The van der Waals surface area contributed by atoms with Crippen molar-refractivity contribution in [3.63, 3.8) is 0 Å². The lowest BCUT2D eigenvalue weighted by Crippen LogP contribution is -2.40. The third-order valence-corrected chi connectivity index (χ3v) is 4.29. The molecule has 4 heteroatoms. The van der Waals surface area contributed by atoms with Crippen LogP contribution in [0, 0.1) is 5.92 Å². The third kappa shape index (κ3) is 1.96. The minimum absolute atomic E-state index is 0.308. The summed E-state index contributed by atoms with van der Waals surface area (Å²) in [6, 6.07) is 1.20.